The zero-order valence-corrected chi connectivity index (χ0v) is 13.4. The minimum absolute atomic E-state index is 0.298. The maximum Gasteiger partial charge on any atom is 0.338 e. The zero-order valence-electron chi connectivity index (χ0n) is 12.7. The van der Waals surface area contributed by atoms with Crippen LogP contribution in [-0.2, 0) is 9.53 Å². The van der Waals surface area contributed by atoms with Gasteiger partial charge in [0.15, 0.2) is 6.61 Å². The molecule has 3 aromatic rings. The lowest BCUT2D eigenvalue weighted by atomic mass is 10.2. The van der Waals surface area contributed by atoms with Gasteiger partial charge in [-0.1, -0.05) is 11.6 Å². The number of esters is 1. The second-order valence-electron chi connectivity index (χ2n) is 5.11. The highest BCUT2D eigenvalue weighted by molar-refractivity contribution is 6.30. The van der Waals surface area contributed by atoms with Crippen LogP contribution in [0.1, 0.15) is 15.9 Å². The monoisotopic (exact) mass is 344 g/mol. The number of anilines is 1. The van der Waals surface area contributed by atoms with Crippen molar-refractivity contribution in [3.05, 3.63) is 52.5 Å². The predicted molar refractivity (Wildman–Crippen MR) is 89.0 cm³/mol. The molecule has 0 fully saturated rings. The Kier molecular flexibility index (Phi) is 4.43. The summed E-state index contributed by atoms with van der Waals surface area (Å²) >= 11 is 5.86. The molecule has 24 heavy (non-hydrogen) atoms. The van der Waals surface area contributed by atoms with E-state index in [-0.39, 0.29) is 0 Å². The van der Waals surface area contributed by atoms with E-state index < -0.39 is 18.5 Å². The van der Waals surface area contributed by atoms with Gasteiger partial charge in [0.1, 0.15) is 11.0 Å². The van der Waals surface area contributed by atoms with E-state index >= 15 is 0 Å². The molecule has 0 spiro atoms. The van der Waals surface area contributed by atoms with Crippen molar-refractivity contribution in [1.29, 1.82) is 0 Å². The summed E-state index contributed by atoms with van der Waals surface area (Å²) < 4.78 is 5.02. The molecule has 3 rings (SSSR count). The maximum atomic E-state index is 12.0. The summed E-state index contributed by atoms with van der Waals surface area (Å²) in [6, 6.07) is 9.85. The van der Waals surface area contributed by atoms with E-state index in [0.29, 0.717) is 27.3 Å². The molecule has 7 nitrogen and oxygen atoms in total. The van der Waals surface area contributed by atoms with Crippen molar-refractivity contribution in [2.24, 2.45) is 0 Å². The Labute approximate surface area is 142 Å². The molecule has 0 bridgehead atoms. The number of nitrogens with one attached hydrogen (secondary N) is 2. The summed E-state index contributed by atoms with van der Waals surface area (Å²) in [7, 11) is 0. The first-order chi connectivity index (χ1) is 11.5. The lowest BCUT2D eigenvalue weighted by Crippen LogP contribution is -2.21. The van der Waals surface area contributed by atoms with E-state index in [9.17, 15) is 9.59 Å². The number of benzene rings is 2. The number of carbonyl (C=O) groups excluding carboxylic acids is 2. The standard InChI is InChI=1S/C16H13ClN4O3/c1-9-6-11(17)3-5-12(9)18-15(22)8-24-16(23)10-2-4-13-14(7-10)20-21-19-13/h2-7H,8H2,1H3,(H,18,22)(H,19,20,21). The normalized spacial score (nSPS) is 10.6. The molecule has 122 valence electrons. The number of hydrogen-bond donors (Lipinski definition) is 2. The minimum Gasteiger partial charge on any atom is -0.452 e. The summed E-state index contributed by atoms with van der Waals surface area (Å²) in [6.45, 7) is 1.43. The summed E-state index contributed by atoms with van der Waals surface area (Å²) in [4.78, 5) is 23.9. The highest BCUT2D eigenvalue weighted by Gasteiger charge is 2.12. The number of H-pyrrole nitrogens is 1. The largest absolute Gasteiger partial charge is 0.452 e. The number of fused-ring (bicyclic) bond motifs is 1. The van der Waals surface area contributed by atoms with Crippen LogP contribution in [0.3, 0.4) is 0 Å². The summed E-state index contributed by atoms with van der Waals surface area (Å²) in [5.74, 6) is -1.04. The Morgan fingerprint density at radius 3 is 2.75 bits per heavy atom. The van der Waals surface area contributed by atoms with E-state index in [1.807, 2.05) is 6.92 Å². The van der Waals surface area contributed by atoms with Crippen molar-refractivity contribution in [1.82, 2.24) is 15.4 Å². The molecule has 1 heterocycles. The van der Waals surface area contributed by atoms with Gasteiger partial charge in [-0.3, -0.25) is 4.79 Å². The first-order valence-corrected chi connectivity index (χ1v) is 7.44. The van der Waals surface area contributed by atoms with Crippen LogP contribution in [0.25, 0.3) is 11.0 Å². The van der Waals surface area contributed by atoms with Gasteiger partial charge < -0.3 is 10.1 Å². The van der Waals surface area contributed by atoms with Gasteiger partial charge in [-0.05, 0) is 48.9 Å². The van der Waals surface area contributed by atoms with Gasteiger partial charge in [0.2, 0.25) is 0 Å². The SMILES string of the molecule is Cc1cc(Cl)ccc1NC(=O)COC(=O)c1ccc2n[nH]nc2c1. The molecule has 0 radical (unpaired) electrons. The number of nitrogens with zero attached hydrogens (tertiary/aromatic N) is 2. The van der Waals surface area contributed by atoms with Crippen molar-refractivity contribution in [3.63, 3.8) is 0 Å². The van der Waals surface area contributed by atoms with Crippen LogP contribution >= 0.6 is 11.6 Å². The summed E-state index contributed by atoms with van der Waals surface area (Å²) in [5, 5.41) is 13.5. The highest BCUT2D eigenvalue weighted by Crippen LogP contribution is 2.19. The Morgan fingerprint density at radius 1 is 1.17 bits per heavy atom. The number of ether oxygens (including phenoxy) is 1. The van der Waals surface area contributed by atoms with Crippen molar-refractivity contribution < 1.29 is 14.3 Å². The predicted octanol–water partition coefficient (Wildman–Crippen LogP) is 2.72. The Balaban J connectivity index is 1.60. The quantitative estimate of drug-likeness (QED) is 0.709. The van der Waals surface area contributed by atoms with Gasteiger partial charge >= 0.3 is 5.97 Å². The van der Waals surface area contributed by atoms with E-state index in [1.54, 1.807) is 36.4 Å². The average Bonchev–Trinajstić information content (AvgIpc) is 3.03. The molecule has 0 unspecified atom stereocenters. The molecule has 2 aromatic carbocycles. The second-order valence-corrected chi connectivity index (χ2v) is 5.55. The second kappa shape index (κ2) is 6.67. The molecular weight excluding hydrogens is 332 g/mol. The minimum atomic E-state index is -0.608. The fourth-order valence-corrected chi connectivity index (χ4v) is 2.36. The number of aromatic amines is 1. The molecular formula is C16H13ClN4O3. The van der Waals surface area contributed by atoms with Gasteiger partial charge in [-0.2, -0.15) is 15.4 Å². The summed E-state index contributed by atoms with van der Waals surface area (Å²) in [5.41, 5.74) is 2.92. The lowest BCUT2D eigenvalue weighted by molar-refractivity contribution is -0.119. The number of rotatable bonds is 4. The third-order valence-electron chi connectivity index (χ3n) is 3.35. The van der Waals surface area contributed by atoms with Crippen molar-refractivity contribution in [2.45, 2.75) is 6.92 Å². The molecule has 0 aliphatic rings. The molecule has 1 aromatic heterocycles. The van der Waals surface area contributed by atoms with E-state index in [4.69, 9.17) is 16.3 Å². The third-order valence-corrected chi connectivity index (χ3v) is 3.58. The molecule has 0 saturated carbocycles. The third kappa shape index (κ3) is 3.52. The van der Waals surface area contributed by atoms with Crippen LogP contribution < -0.4 is 5.32 Å². The van der Waals surface area contributed by atoms with Gasteiger partial charge in [-0.15, -0.1) is 0 Å². The Morgan fingerprint density at radius 2 is 1.96 bits per heavy atom. The highest BCUT2D eigenvalue weighted by atomic mass is 35.5. The summed E-state index contributed by atoms with van der Waals surface area (Å²) in [6.07, 6.45) is 0. The fourth-order valence-electron chi connectivity index (χ4n) is 2.14. The number of aromatic nitrogens is 3. The Hall–Kier alpha value is -2.93. The number of halogens is 1. The van der Waals surface area contributed by atoms with Gasteiger partial charge in [-0.25, -0.2) is 4.79 Å². The first kappa shape index (κ1) is 15.9. The molecule has 8 heteroatoms. The van der Waals surface area contributed by atoms with Gasteiger partial charge in [0.05, 0.1) is 5.56 Å². The van der Waals surface area contributed by atoms with Crippen LogP contribution in [-0.4, -0.2) is 33.9 Å². The van der Waals surface area contributed by atoms with E-state index in [2.05, 4.69) is 20.7 Å². The molecule has 0 aliphatic carbocycles. The van der Waals surface area contributed by atoms with Crippen molar-refractivity contribution >= 4 is 40.2 Å². The van der Waals surface area contributed by atoms with Crippen molar-refractivity contribution in [3.8, 4) is 0 Å². The van der Waals surface area contributed by atoms with Crippen LogP contribution in [0, 0.1) is 6.92 Å². The van der Waals surface area contributed by atoms with Crippen LogP contribution in [0.15, 0.2) is 36.4 Å². The number of hydrogen-bond acceptors (Lipinski definition) is 5. The molecule has 0 atom stereocenters. The smallest absolute Gasteiger partial charge is 0.338 e. The Bertz CT molecular complexity index is 923. The van der Waals surface area contributed by atoms with Crippen LogP contribution in [0.4, 0.5) is 5.69 Å². The van der Waals surface area contributed by atoms with Crippen molar-refractivity contribution in [2.75, 3.05) is 11.9 Å². The molecule has 0 saturated heterocycles. The van der Waals surface area contributed by atoms with Crippen LogP contribution in [0.5, 0.6) is 0 Å². The zero-order chi connectivity index (χ0) is 17.1. The topological polar surface area (TPSA) is 97.0 Å². The fraction of sp³-hybridized carbons (Fsp3) is 0.125. The first-order valence-electron chi connectivity index (χ1n) is 7.06. The lowest BCUT2D eigenvalue weighted by Gasteiger charge is -2.09. The van der Waals surface area contributed by atoms with Crippen LogP contribution in [0.2, 0.25) is 5.02 Å². The number of carbonyl (C=O) groups is 2. The molecule has 1 amide bonds. The van der Waals surface area contributed by atoms with Gasteiger partial charge in [0.25, 0.3) is 5.91 Å². The average molecular weight is 345 g/mol. The number of aryl methyl sites for hydroxylation is 1. The van der Waals surface area contributed by atoms with E-state index in [0.717, 1.165) is 5.56 Å². The number of amides is 1. The molecule has 2 N–H and O–H groups in total. The molecule has 0 aliphatic heterocycles. The maximum absolute atomic E-state index is 12.0. The van der Waals surface area contributed by atoms with E-state index in [1.165, 1.54) is 0 Å². The van der Waals surface area contributed by atoms with Gasteiger partial charge in [0, 0.05) is 10.7 Å².